The molecule has 0 aliphatic rings. The highest BCUT2D eigenvalue weighted by Gasteiger charge is 2.25. The number of hydrogen-bond acceptors (Lipinski definition) is 5. The van der Waals surface area contributed by atoms with E-state index in [2.05, 4.69) is 6.07 Å². The van der Waals surface area contributed by atoms with Gasteiger partial charge < -0.3 is 4.90 Å². The second-order valence-electron chi connectivity index (χ2n) is 7.71. The summed E-state index contributed by atoms with van der Waals surface area (Å²) in [6.45, 7) is 6.74. The average Bonchev–Trinajstić information content (AvgIpc) is 2.77. The molecule has 0 N–H and O–H groups in total. The molecule has 2 aromatic carbocycles. The van der Waals surface area contributed by atoms with E-state index >= 15 is 0 Å². The molecule has 0 fully saturated rings. The summed E-state index contributed by atoms with van der Waals surface area (Å²) in [6, 6.07) is 18.7. The van der Waals surface area contributed by atoms with E-state index in [1.165, 1.54) is 11.8 Å². The van der Waals surface area contributed by atoms with Crippen LogP contribution in [0.25, 0.3) is 10.9 Å². The summed E-state index contributed by atoms with van der Waals surface area (Å²) in [7, 11) is 0. The number of anilines is 1. The summed E-state index contributed by atoms with van der Waals surface area (Å²) < 4.78 is 1.67. The lowest BCUT2D eigenvalue weighted by Gasteiger charge is -2.25. The minimum absolute atomic E-state index is 0.0918. The molecule has 1 heterocycles. The van der Waals surface area contributed by atoms with Gasteiger partial charge in [-0.05, 0) is 37.1 Å². The first-order chi connectivity index (χ1) is 14.9. The molecule has 0 saturated carbocycles. The Morgan fingerprint density at radius 1 is 1.13 bits per heavy atom. The Kier molecular flexibility index (Phi) is 7.48. The monoisotopic (exact) mass is 434 g/mol. The van der Waals surface area contributed by atoms with E-state index in [9.17, 15) is 9.59 Å². The van der Waals surface area contributed by atoms with Gasteiger partial charge in [0.2, 0.25) is 5.91 Å². The topological polar surface area (TPSA) is 79.0 Å². The fourth-order valence-corrected chi connectivity index (χ4v) is 4.31. The molecule has 0 radical (unpaired) electrons. The van der Waals surface area contributed by atoms with Crippen molar-refractivity contribution in [2.75, 3.05) is 11.4 Å². The highest BCUT2D eigenvalue weighted by atomic mass is 32.2. The number of amides is 1. The maximum absolute atomic E-state index is 13.3. The number of fused-ring (bicyclic) bond motifs is 1. The van der Waals surface area contributed by atoms with Crippen LogP contribution in [-0.4, -0.2) is 27.3 Å². The molecule has 1 aromatic heterocycles. The van der Waals surface area contributed by atoms with Gasteiger partial charge >= 0.3 is 0 Å². The quantitative estimate of drug-likeness (QED) is 0.386. The zero-order chi connectivity index (χ0) is 22.4. The molecule has 1 atom stereocenters. The number of benzene rings is 2. The smallest absolute Gasteiger partial charge is 0.262 e. The lowest BCUT2D eigenvalue weighted by atomic mass is 10.2. The Labute approximate surface area is 186 Å². The zero-order valence-electron chi connectivity index (χ0n) is 18.0. The van der Waals surface area contributed by atoms with Crippen molar-refractivity contribution in [1.82, 2.24) is 9.55 Å². The number of nitriles is 1. The predicted octanol–water partition coefficient (Wildman–Crippen LogP) is 4.48. The van der Waals surface area contributed by atoms with Crippen molar-refractivity contribution in [3.05, 3.63) is 65.0 Å². The van der Waals surface area contributed by atoms with Crippen LogP contribution in [-0.2, 0) is 11.3 Å². The van der Waals surface area contributed by atoms with Crippen molar-refractivity contribution in [2.24, 2.45) is 5.92 Å². The van der Waals surface area contributed by atoms with Crippen LogP contribution in [0.2, 0.25) is 0 Å². The minimum atomic E-state index is -0.481. The third-order valence-electron chi connectivity index (χ3n) is 4.79. The Morgan fingerprint density at radius 2 is 1.81 bits per heavy atom. The first kappa shape index (κ1) is 22.6. The van der Waals surface area contributed by atoms with Crippen molar-refractivity contribution in [2.45, 2.75) is 44.1 Å². The molecular formula is C24H26N4O2S. The molecule has 160 valence electrons. The van der Waals surface area contributed by atoms with E-state index in [4.69, 9.17) is 10.2 Å². The molecule has 3 aromatic rings. The van der Waals surface area contributed by atoms with E-state index < -0.39 is 5.25 Å². The average molecular weight is 435 g/mol. The van der Waals surface area contributed by atoms with Crippen molar-refractivity contribution in [3.63, 3.8) is 0 Å². The summed E-state index contributed by atoms with van der Waals surface area (Å²) in [5.74, 6) is 0.132. The van der Waals surface area contributed by atoms with Crippen molar-refractivity contribution >= 4 is 34.3 Å². The molecule has 1 amide bonds. The number of aromatic nitrogens is 2. The van der Waals surface area contributed by atoms with Crippen LogP contribution >= 0.6 is 11.8 Å². The summed E-state index contributed by atoms with van der Waals surface area (Å²) in [6.07, 6.45) is 0.240. The summed E-state index contributed by atoms with van der Waals surface area (Å²) in [4.78, 5) is 32.8. The normalized spacial score (nSPS) is 12.0. The summed E-state index contributed by atoms with van der Waals surface area (Å²) in [5.41, 5.74) is 1.28. The maximum Gasteiger partial charge on any atom is 0.262 e. The van der Waals surface area contributed by atoms with Gasteiger partial charge in [0, 0.05) is 18.8 Å². The van der Waals surface area contributed by atoms with Crippen LogP contribution in [0.5, 0.6) is 0 Å². The van der Waals surface area contributed by atoms with E-state index in [1.807, 2.05) is 69.3 Å². The van der Waals surface area contributed by atoms with Gasteiger partial charge in [-0.3, -0.25) is 14.2 Å². The van der Waals surface area contributed by atoms with Gasteiger partial charge in [0.05, 0.1) is 28.6 Å². The number of carbonyl (C=O) groups is 1. The second kappa shape index (κ2) is 10.3. The molecular weight excluding hydrogens is 408 g/mol. The van der Waals surface area contributed by atoms with E-state index in [0.29, 0.717) is 29.1 Å². The molecule has 0 bridgehead atoms. The SMILES string of the molecule is CC(C)Cn1c(SC(C)C(=O)N(CCC#N)c2ccccc2)nc2ccccc2c1=O. The molecule has 0 saturated heterocycles. The minimum Gasteiger partial charge on any atom is -0.310 e. The Hall–Kier alpha value is -3.11. The van der Waals surface area contributed by atoms with Crippen molar-refractivity contribution in [1.29, 1.82) is 5.26 Å². The van der Waals surface area contributed by atoms with Crippen molar-refractivity contribution in [3.8, 4) is 6.07 Å². The standard InChI is InChI=1S/C24H26N4O2S/c1-17(2)16-28-23(30)20-12-7-8-13-21(20)26-24(28)31-18(3)22(29)27(15-9-14-25)19-10-5-4-6-11-19/h4-8,10-13,17-18H,9,15-16H2,1-3H3. The summed E-state index contributed by atoms with van der Waals surface area (Å²) in [5, 5.41) is 9.66. The van der Waals surface area contributed by atoms with Crippen LogP contribution in [0.3, 0.4) is 0 Å². The van der Waals surface area contributed by atoms with E-state index in [1.54, 1.807) is 15.5 Å². The van der Waals surface area contributed by atoms with Crippen LogP contribution in [0.4, 0.5) is 5.69 Å². The van der Waals surface area contributed by atoms with E-state index in [-0.39, 0.29) is 23.8 Å². The Morgan fingerprint density at radius 3 is 2.48 bits per heavy atom. The number of rotatable bonds is 8. The van der Waals surface area contributed by atoms with Gasteiger partial charge in [-0.2, -0.15) is 5.26 Å². The Balaban J connectivity index is 1.95. The molecule has 7 heteroatoms. The second-order valence-corrected chi connectivity index (χ2v) is 9.02. The lowest BCUT2D eigenvalue weighted by Crippen LogP contribution is -2.38. The number of carbonyl (C=O) groups excluding carboxylic acids is 1. The van der Waals surface area contributed by atoms with Crippen molar-refractivity contribution < 1.29 is 4.79 Å². The van der Waals surface area contributed by atoms with Crippen LogP contribution in [0, 0.1) is 17.2 Å². The fourth-order valence-electron chi connectivity index (χ4n) is 3.33. The molecule has 3 rings (SSSR count). The third-order valence-corrected chi connectivity index (χ3v) is 5.86. The summed E-state index contributed by atoms with van der Waals surface area (Å²) >= 11 is 1.28. The first-order valence-corrected chi connectivity index (χ1v) is 11.2. The van der Waals surface area contributed by atoms with E-state index in [0.717, 1.165) is 5.69 Å². The highest BCUT2D eigenvalue weighted by molar-refractivity contribution is 8.00. The van der Waals surface area contributed by atoms with Gasteiger partial charge in [-0.1, -0.05) is 55.9 Å². The zero-order valence-corrected chi connectivity index (χ0v) is 18.8. The Bertz CT molecular complexity index is 1150. The van der Waals surface area contributed by atoms with Gasteiger partial charge in [0.15, 0.2) is 5.16 Å². The first-order valence-electron chi connectivity index (χ1n) is 10.3. The molecule has 0 aliphatic heterocycles. The molecule has 0 spiro atoms. The van der Waals surface area contributed by atoms with Crippen LogP contribution < -0.4 is 10.5 Å². The number of hydrogen-bond donors (Lipinski definition) is 0. The largest absolute Gasteiger partial charge is 0.310 e. The fraction of sp³-hybridized carbons (Fsp3) is 0.333. The van der Waals surface area contributed by atoms with Gasteiger partial charge in [0.25, 0.3) is 5.56 Å². The highest BCUT2D eigenvalue weighted by Crippen LogP contribution is 2.26. The van der Waals surface area contributed by atoms with Gasteiger partial charge in [0.1, 0.15) is 0 Å². The maximum atomic E-state index is 13.3. The number of nitrogens with zero attached hydrogens (tertiary/aromatic N) is 4. The third kappa shape index (κ3) is 5.33. The predicted molar refractivity (Wildman–Crippen MR) is 125 cm³/mol. The lowest BCUT2D eigenvalue weighted by molar-refractivity contribution is -0.117. The molecule has 31 heavy (non-hydrogen) atoms. The van der Waals surface area contributed by atoms with Crippen LogP contribution in [0.1, 0.15) is 27.2 Å². The number of para-hydroxylation sites is 2. The molecule has 0 aliphatic carbocycles. The molecule has 6 nitrogen and oxygen atoms in total. The number of thioether (sulfide) groups is 1. The van der Waals surface area contributed by atoms with Crippen LogP contribution in [0.15, 0.2) is 64.5 Å². The van der Waals surface area contributed by atoms with Gasteiger partial charge in [-0.15, -0.1) is 0 Å². The molecule has 1 unspecified atom stereocenters. The van der Waals surface area contributed by atoms with Gasteiger partial charge in [-0.25, -0.2) is 4.98 Å².